The van der Waals surface area contributed by atoms with Crippen LogP contribution in [0.5, 0.6) is 0 Å². The maximum atomic E-state index is 12.6. The van der Waals surface area contributed by atoms with Gasteiger partial charge in [-0.25, -0.2) is 9.97 Å². The molecule has 0 saturated carbocycles. The van der Waals surface area contributed by atoms with Gasteiger partial charge in [-0.1, -0.05) is 65.3 Å². The molecule has 0 aliphatic rings. The average molecular weight is 460 g/mol. The molecule has 2 aromatic carbocycles. The van der Waals surface area contributed by atoms with Crippen LogP contribution in [-0.2, 0) is 4.79 Å². The van der Waals surface area contributed by atoms with Gasteiger partial charge in [-0.05, 0) is 36.8 Å². The minimum absolute atomic E-state index is 0.154. The SMILES string of the molecule is CC(Sc1ncnc2sc(-c3ccccc3)cc12)C(=O)Nc1cc(Cl)cc(Cl)c1. The van der Waals surface area contributed by atoms with E-state index in [1.807, 2.05) is 25.1 Å². The zero-order valence-electron chi connectivity index (χ0n) is 15.2. The zero-order valence-corrected chi connectivity index (χ0v) is 18.4. The van der Waals surface area contributed by atoms with Crippen LogP contribution >= 0.6 is 46.3 Å². The number of hydrogen-bond donors (Lipinski definition) is 1. The number of halogens is 2. The fraction of sp³-hybridized carbons (Fsp3) is 0.0952. The second-order valence-corrected chi connectivity index (χ2v) is 9.51. The van der Waals surface area contributed by atoms with Crippen molar-refractivity contribution in [2.24, 2.45) is 0 Å². The first-order valence-electron chi connectivity index (χ1n) is 8.73. The number of benzene rings is 2. The molecular weight excluding hydrogens is 445 g/mol. The van der Waals surface area contributed by atoms with Gasteiger partial charge in [-0.15, -0.1) is 11.3 Å². The Morgan fingerprint density at radius 2 is 1.79 bits per heavy atom. The van der Waals surface area contributed by atoms with E-state index in [1.54, 1.807) is 29.5 Å². The van der Waals surface area contributed by atoms with Gasteiger partial charge >= 0.3 is 0 Å². The van der Waals surface area contributed by atoms with Crippen molar-refractivity contribution >= 4 is 68.1 Å². The van der Waals surface area contributed by atoms with E-state index in [9.17, 15) is 4.79 Å². The van der Waals surface area contributed by atoms with Gasteiger partial charge in [-0.3, -0.25) is 4.79 Å². The quantitative estimate of drug-likeness (QED) is 0.263. The van der Waals surface area contributed by atoms with Crippen LogP contribution in [0.3, 0.4) is 0 Å². The van der Waals surface area contributed by atoms with Crippen molar-refractivity contribution in [1.29, 1.82) is 0 Å². The summed E-state index contributed by atoms with van der Waals surface area (Å²) in [5.74, 6) is -0.154. The molecule has 0 spiro atoms. The molecule has 2 heterocycles. The molecular formula is C21H15Cl2N3OS2. The van der Waals surface area contributed by atoms with Crippen LogP contribution in [0.15, 0.2) is 66.0 Å². The molecule has 4 rings (SSSR count). The van der Waals surface area contributed by atoms with Gasteiger partial charge in [0.15, 0.2) is 0 Å². The molecule has 1 unspecified atom stereocenters. The lowest BCUT2D eigenvalue weighted by atomic mass is 10.2. The topological polar surface area (TPSA) is 54.9 Å². The molecule has 0 radical (unpaired) electrons. The molecule has 0 aliphatic carbocycles. The summed E-state index contributed by atoms with van der Waals surface area (Å²) in [6.45, 7) is 1.84. The number of anilines is 1. The molecule has 4 aromatic rings. The minimum Gasteiger partial charge on any atom is -0.325 e. The van der Waals surface area contributed by atoms with Crippen LogP contribution in [0.1, 0.15) is 6.92 Å². The van der Waals surface area contributed by atoms with E-state index in [0.29, 0.717) is 15.7 Å². The number of rotatable bonds is 5. The molecule has 2 aromatic heterocycles. The number of fused-ring (bicyclic) bond motifs is 1. The van der Waals surface area contributed by atoms with Crippen molar-refractivity contribution in [3.05, 3.63) is 71.0 Å². The molecule has 8 heteroatoms. The summed E-state index contributed by atoms with van der Waals surface area (Å²) >= 11 is 15.0. The number of carbonyl (C=O) groups excluding carboxylic acids is 1. The van der Waals surface area contributed by atoms with Gasteiger partial charge in [-0.2, -0.15) is 0 Å². The largest absolute Gasteiger partial charge is 0.325 e. The second-order valence-electron chi connectivity index (χ2n) is 6.28. The second kappa shape index (κ2) is 8.71. The molecule has 0 saturated heterocycles. The Labute approximate surface area is 186 Å². The fourth-order valence-corrected chi connectivity index (χ4v) is 5.25. The van der Waals surface area contributed by atoms with Crippen molar-refractivity contribution in [3.8, 4) is 10.4 Å². The van der Waals surface area contributed by atoms with E-state index >= 15 is 0 Å². The van der Waals surface area contributed by atoms with E-state index < -0.39 is 0 Å². The van der Waals surface area contributed by atoms with E-state index in [2.05, 4.69) is 33.5 Å². The van der Waals surface area contributed by atoms with Gasteiger partial charge in [0.05, 0.1) is 5.25 Å². The number of hydrogen-bond acceptors (Lipinski definition) is 5. The molecule has 0 bridgehead atoms. The number of nitrogens with one attached hydrogen (secondary N) is 1. The summed E-state index contributed by atoms with van der Waals surface area (Å²) in [6, 6.07) is 17.2. The first-order valence-corrected chi connectivity index (χ1v) is 11.2. The summed E-state index contributed by atoms with van der Waals surface area (Å²) in [5.41, 5.74) is 1.70. The van der Waals surface area contributed by atoms with Crippen molar-refractivity contribution in [3.63, 3.8) is 0 Å². The molecule has 4 nitrogen and oxygen atoms in total. The van der Waals surface area contributed by atoms with Crippen molar-refractivity contribution < 1.29 is 4.79 Å². The van der Waals surface area contributed by atoms with Gasteiger partial charge in [0, 0.05) is 26.0 Å². The van der Waals surface area contributed by atoms with Crippen LogP contribution in [0.2, 0.25) is 10.0 Å². The lowest BCUT2D eigenvalue weighted by molar-refractivity contribution is -0.115. The van der Waals surface area contributed by atoms with Crippen molar-refractivity contribution in [2.75, 3.05) is 5.32 Å². The highest BCUT2D eigenvalue weighted by Crippen LogP contribution is 2.37. The van der Waals surface area contributed by atoms with Crippen LogP contribution in [0, 0.1) is 0 Å². The Bertz CT molecular complexity index is 1160. The zero-order chi connectivity index (χ0) is 20.4. The monoisotopic (exact) mass is 459 g/mol. The highest BCUT2D eigenvalue weighted by molar-refractivity contribution is 8.00. The normalized spacial score (nSPS) is 12.1. The predicted molar refractivity (Wildman–Crippen MR) is 123 cm³/mol. The van der Waals surface area contributed by atoms with Crippen molar-refractivity contribution in [1.82, 2.24) is 9.97 Å². The number of thiophene rings is 1. The van der Waals surface area contributed by atoms with Gasteiger partial charge in [0.2, 0.25) is 5.91 Å². The molecule has 0 fully saturated rings. The van der Waals surface area contributed by atoms with Gasteiger partial charge in [0.1, 0.15) is 16.2 Å². The molecule has 1 N–H and O–H groups in total. The number of nitrogens with zero attached hydrogens (tertiary/aromatic N) is 2. The Morgan fingerprint density at radius 3 is 2.52 bits per heavy atom. The van der Waals surface area contributed by atoms with E-state index in [0.717, 1.165) is 25.7 Å². The van der Waals surface area contributed by atoms with E-state index in [1.165, 1.54) is 18.1 Å². The summed E-state index contributed by atoms with van der Waals surface area (Å²) in [4.78, 5) is 23.5. The lowest BCUT2D eigenvalue weighted by Crippen LogP contribution is -2.22. The number of aromatic nitrogens is 2. The third-order valence-electron chi connectivity index (χ3n) is 4.14. The summed E-state index contributed by atoms with van der Waals surface area (Å²) < 4.78 is 0. The first kappa shape index (κ1) is 20.2. The smallest absolute Gasteiger partial charge is 0.237 e. The van der Waals surface area contributed by atoms with Crippen LogP contribution in [-0.4, -0.2) is 21.1 Å². The maximum Gasteiger partial charge on any atom is 0.237 e. The molecule has 29 heavy (non-hydrogen) atoms. The van der Waals surface area contributed by atoms with Crippen LogP contribution < -0.4 is 5.32 Å². The third-order valence-corrected chi connectivity index (χ3v) is 6.78. The Kier molecular flexibility index (Phi) is 6.06. The number of amides is 1. The molecule has 146 valence electrons. The Balaban J connectivity index is 1.55. The van der Waals surface area contributed by atoms with Gasteiger partial charge in [0.25, 0.3) is 0 Å². The Hall–Kier alpha value is -2.12. The number of thioether (sulfide) groups is 1. The van der Waals surface area contributed by atoms with Crippen LogP contribution in [0.4, 0.5) is 5.69 Å². The highest BCUT2D eigenvalue weighted by Gasteiger charge is 2.19. The summed E-state index contributed by atoms with van der Waals surface area (Å²) in [5, 5.41) is 5.15. The lowest BCUT2D eigenvalue weighted by Gasteiger charge is -2.12. The number of carbonyl (C=O) groups is 1. The summed E-state index contributed by atoms with van der Waals surface area (Å²) in [7, 11) is 0. The Morgan fingerprint density at radius 1 is 1.07 bits per heavy atom. The highest BCUT2D eigenvalue weighted by atomic mass is 35.5. The molecule has 1 amide bonds. The van der Waals surface area contributed by atoms with E-state index in [4.69, 9.17) is 23.2 Å². The first-order chi connectivity index (χ1) is 14.0. The van der Waals surface area contributed by atoms with E-state index in [-0.39, 0.29) is 11.2 Å². The molecule has 1 atom stereocenters. The summed E-state index contributed by atoms with van der Waals surface area (Å²) in [6.07, 6.45) is 1.54. The van der Waals surface area contributed by atoms with Crippen LogP contribution in [0.25, 0.3) is 20.7 Å². The maximum absolute atomic E-state index is 12.6. The molecule has 0 aliphatic heterocycles. The van der Waals surface area contributed by atoms with Gasteiger partial charge < -0.3 is 5.32 Å². The third kappa shape index (κ3) is 4.73. The average Bonchev–Trinajstić information content (AvgIpc) is 3.13. The van der Waals surface area contributed by atoms with Crippen molar-refractivity contribution in [2.45, 2.75) is 17.2 Å². The predicted octanol–water partition coefficient (Wildman–Crippen LogP) is 6.78. The fourth-order valence-electron chi connectivity index (χ4n) is 2.76. The minimum atomic E-state index is -0.370. The standard InChI is InChI=1S/C21H15Cl2N3OS2/c1-12(19(27)26-16-8-14(22)7-15(23)9-16)28-20-17-10-18(13-5-3-2-4-6-13)29-21(17)25-11-24-20/h2-12H,1H3,(H,26,27).